The smallest absolute Gasteiger partial charge is 0.332 e. The van der Waals surface area contributed by atoms with Crippen molar-refractivity contribution in [3.8, 4) is 0 Å². The van der Waals surface area contributed by atoms with Crippen molar-refractivity contribution >= 4 is 21.9 Å². The van der Waals surface area contributed by atoms with Gasteiger partial charge in [0.15, 0.2) is 0 Å². The van der Waals surface area contributed by atoms with Crippen molar-refractivity contribution in [3.05, 3.63) is 24.3 Å². The van der Waals surface area contributed by atoms with E-state index in [1.807, 2.05) is 4.72 Å². The van der Waals surface area contributed by atoms with Crippen LogP contribution in [0.5, 0.6) is 0 Å². The number of hydrogen-bond donors (Lipinski definition) is 1. The zero-order valence-corrected chi connectivity index (χ0v) is 32.3. The lowest BCUT2D eigenvalue weighted by Gasteiger charge is -2.18. The predicted octanol–water partition coefficient (Wildman–Crippen LogP) is 11.1. The Bertz CT molecular complexity index is 861. The first-order valence-electron chi connectivity index (χ1n) is 19.9. The van der Waals surface area contributed by atoms with E-state index < -0.39 is 28.5 Å². The van der Waals surface area contributed by atoms with Gasteiger partial charge in [0.25, 0.3) is 5.91 Å². The van der Waals surface area contributed by atoms with Gasteiger partial charge in [-0.1, -0.05) is 141 Å². The molecule has 282 valence electrons. The zero-order chi connectivity index (χ0) is 35.4. The van der Waals surface area contributed by atoms with Crippen LogP contribution in [0.1, 0.15) is 194 Å². The monoisotopic (exact) mass is 698 g/mol. The molecule has 0 heterocycles. The zero-order valence-electron chi connectivity index (χ0n) is 31.5. The summed E-state index contributed by atoms with van der Waals surface area (Å²) in [5, 5.41) is 0. The maximum Gasteiger partial charge on any atom is 0.332 e. The number of rotatable bonds is 36. The van der Waals surface area contributed by atoms with Crippen molar-refractivity contribution in [2.24, 2.45) is 0 Å². The van der Waals surface area contributed by atoms with Crippen LogP contribution < -0.4 is 4.72 Å². The molecular formula is C40H75NO6S. The topological polar surface area (TPSA) is 98.8 Å². The predicted molar refractivity (Wildman–Crippen MR) is 203 cm³/mol. The van der Waals surface area contributed by atoms with Gasteiger partial charge in [-0.05, 0) is 77.0 Å². The fourth-order valence-corrected chi connectivity index (χ4v) is 6.30. The number of esters is 1. The molecule has 0 saturated carbocycles. The standard InChI is InChI=1S/C40H75NO6S/c1-4-6-8-10-12-14-16-18-20-22-24-26-28-30-32-34-38(47-40(43)37-46-36-39(42)41-48(3,44)45)35-33-31-29-27-25-23-21-19-17-15-13-11-9-7-5-2/h18-21,38H,4-17,22-37H2,1-3H3,(H,41,42)/b20-18-,21-19-. The second-order valence-electron chi connectivity index (χ2n) is 13.6. The first kappa shape index (κ1) is 46.3. The minimum Gasteiger partial charge on any atom is -0.461 e. The number of sulfonamides is 1. The normalized spacial score (nSPS) is 12.1. The van der Waals surface area contributed by atoms with E-state index in [1.165, 1.54) is 128 Å². The molecule has 0 atom stereocenters. The van der Waals surface area contributed by atoms with Crippen LogP contribution in [0.25, 0.3) is 0 Å². The largest absolute Gasteiger partial charge is 0.461 e. The van der Waals surface area contributed by atoms with Gasteiger partial charge in [-0.15, -0.1) is 0 Å². The van der Waals surface area contributed by atoms with E-state index in [4.69, 9.17) is 9.47 Å². The Hall–Kier alpha value is -1.67. The molecule has 0 aliphatic rings. The molecule has 48 heavy (non-hydrogen) atoms. The number of unbranched alkanes of at least 4 members (excludes halogenated alkanes) is 22. The number of carbonyl (C=O) groups excluding carboxylic acids is 2. The molecule has 0 rings (SSSR count). The molecule has 7 nitrogen and oxygen atoms in total. The van der Waals surface area contributed by atoms with Crippen molar-refractivity contribution < 1.29 is 27.5 Å². The third-order valence-corrected chi connectivity index (χ3v) is 9.22. The lowest BCUT2D eigenvalue weighted by molar-refractivity contribution is -0.155. The number of nitrogens with one attached hydrogen (secondary N) is 1. The van der Waals surface area contributed by atoms with Crippen LogP contribution >= 0.6 is 0 Å². The van der Waals surface area contributed by atoms with Gasteiger partial charge >= 0.3 is 5.97 Å². The number of amides is 1. The Kier molecular flexibility index (Phi) is 33.9. The number of hydrogen-bond acceptors (Lipinski definition) is 6. The quantitative estimate of drug-likeness (QED) is 0.0397. The summed E-state index contributed by atoms with van der Waals surface area (Å²) in [4.78, 5) is 24.1. The fraction of sp³-hybridized carbons (Fsp3) is 0.850. The second kappa shape index (κ2) is 35.2. The van der Waals surface area contributed by atoms with E-state index >= 15 is 0 Å². The van der Waals surface area contributed by atoms with Crippen LogP contribution in [0.15, 0.2) is 24.3 Å². The highest BCUT2D eigenvalue weighted by atomic mass is 32.2. The molecule has 1 N–H and O–H groups in total. The number of ether oxygens (including phenoxy) is 2. The minimum absolute atomic E-state index is 0.152. The van der Waals surface area contributed by atoms with Crippen LogP contribution in [-0.4, -0.2) is 45.9 Å². The van der Waals surface area contributed by atoms with Gasteiger partial charge in [0.1, 0.15) is 19.3 Å². The maximum atomic E-state index is 12.4. The Morgan fingerprint density at radius 2 is 0.896 bits per heavy atom. The van der Waals surface area contributed by atoms with Crippen molar-refractivity contribution in [1.29, 1.82) is 0 Å². The minimum atomic E-state index is -3.65. The molecule has 0 bridgehead atoms. The van der Waals surface area contributed by atoms with E-state index in [0.717, 1.165) is 57.6 Å². The van der Waals surface area contributed by atoms with Gasteiger partial charge in [-0.25, -0.2) is 13.2 Å². The fourth-order valence-electron chi connectivity index (χ4n) is 5.83. The summed E-state index contributed by atoms with van der Waals surface area (Å²) in [5.74, 6) is -1.31. The summed E-state index contributed by atoms with van der Waals surface area (Å²) >= 11 is 0. The summed E-state index contributed by atoms with van der Waals surface area (Å²) in [6.45, 7) is 3.65. The molecule has 0 fully saturated rings. The molecule has 1 amide bonds. The van der Waals surface area contributed by atoms with Gasteiger partial charge < -0.3 is 9.47 Å². The van der Waals surface area contributed by atoms with Crippen molar-refractivity contribution in [3.63, 3.8) is 0 Å². The first-order valence-corrected chi connectivity index (χ1v) is 21.8. The van der Waals surface area contributed by atoms with E-state index in [0.29, 0.717) is 0 Å². The molecule has 8 heteroatoms. The Morgan fingerprint density at radius 1 is 0.542 bits per heavy atom. The summed E-state index contributed by atoms with van der Waals surface area (Å²) in [7, 11) is -3.65. The number of allylic oxidation sites excluding steroid dienone is 4. The van der Waals surface area contributed by atoms with Crippen molar-refractivity contribution in [2.75, 3.05) is 19.5 Å². The lowest BCUT2D eigenvalue weighted by atomic mass is 10.0. The van der Waals surface area contributed by atoms with E-state index in [1.54, 1.807) is 0 Å². The first-order chi connectivity index (χ1) is 23.3. The van der Waals surface area contributed by atoms with Crippen LogP contribution in [0.2, 0.25) is 0 Å². The van der Waals surface area contributed by atoms with Gasteiger partial charge in [0.05, 0.1) is 6.26 Å². The second-order valence-corrected chi connectivity index (χ2v) is 15.4. The molecule has 0 aromatic rings. The Balaban J connectivity index is 4.22. The summed E-state index contributed by atoms with van der Waals surface area (Å²) < 4.78 is 35.0. The van der Waals surface area contributed by atoms with Gasteiger partial charge in [0.2, 0.25) is 10.0 Å². The molecule has 0 saturated heterocycles. The van der Waals surface area contributed by atoms with E-state index in [9.17, 15) is 18.0 Å². The number of carbonyl (C=O) groups is 2. The van der Waals surface area contributed by atoms with Crippen LogP contribution in [0.4, 0.5) is 0 Å². The third kappa shape index (κ3) is 37.2. The van der Waals surface area contributed by atoms with Crippen molar-refractivity contribution in [2.45, 2.75) is 200 Å². The summed E-state index contributed by atoms with van der Waals surface area (Å²) in [5.41, 5.74) is 0. The van der Waals surface area contributed by atoms with Gasteiger partial charge in [0, 0.05) is 0 Å². The lowest BCUT2D eigenvalue weighted by Crippen LogP contribution is -2.33. The van der Waals surface area contributed by atoms with Gasteiger partial charge in [-0.2, -0.15) is 0 Å². The molecule has 0 aromatic carbocycles. The van der Waals surface area contributed by atoms with Crippen LogP contribution in [0.3, 0.4) is 0 Å². The highest BCUT2D eigenvalue weighted by Crippen LogP contribution is 2.18. The summed E-state index contributed by atoms with van der Waals surface area (Å²) in [6.07, 6.45) is 44.4. The SMILES string of the molecule is CCCCCCCC/C=C\CCCCCCCC(CCCCCCC/C=C\CCCCCCCC)OC(=O)COCC(=O)NS(C)(=O)=O. The van der Waals surface area contributed by atoms with E-state index in [2.05, 4.69) is 38.2 Å². The van der Waals surface area contributed by atoms with Crippen LogP contribution in [-0.2, 0) is 29.1 Å². The third-order valence-electron chi connectivity index (χ3n) is 8.63. The van der Waals surface area contributed by atoms with E-state index in [-0.39, 0.29) is 12.7 Å². The Labute approximate surface area is 296 Å². The molecule has 0 radical (unpaired) electrons. The average Bonchev–Trinajstić information content (AvgIpc) is 3.03. The molecule has 0 spiro atoms. The molecule has 0 aromatic heterocycles. The highest BCUT2D eigenvalue weighted by Gasteiger charge is 2.16. The highest BCUT2D eigenvalue weighted by molar-refractivity contribution is 7.89. The summed E-state index contributed by atoms with van der Waals surface area (Å²) in [6, 6.07) is 0. The molecule has 0 aliphatic heterocycles. The molecular weight excluding hydrogens is 623 g/mol. The van der Waals surface area contributed by atoms with Crippen LogP contribution in [0, 0.1) is 0 Å². The maximum absolute atomic E-state index is 12.4. The van der Waals surface area contributed by atoms with Crippen molar-refractivity contribution in [1.82, 2.24) is 4.72 Å². The van der Waals surface area contributed by atoms with Gasteiger partial charge in [-0.3, -0.25) is 9.52 Å². The average molecular weight is 698 g/mol. The molecule has 0 unspecified atom stereocenters. The Morgan fingerprint density at radius 3 is 1.27 bits per heavy atom. The molecule has 0 aliphatic carbocycles.